The average Bonchev–Trinajstić information content (AvgIpc) is 3.25. The molecule has 29 heavy (non-hydrogen) atoms. The highest BCUT2D eigenvalue weighted by Gasteiger charge is 2.15. The monoisotopic (exact) mass is 412 g/mol. The molecule has 0 spiro atoms. The fourth-order valence-corrected chi connectivity index (χ4v) is 3.44. The van der Waals surface area contributed by atoms with Gasteiger partial charge in [0.2, 0.25) is 0 Å². The molecule has 150 valence electrons. The van der Waals surface area contributed by atoms with E-state index in [1.54, 1.807) is 42.7 Å². The van der Waals surface area contributed by atoms with Crippen LogP contribution in [0.25, 0.3) is 11.1 Å². The Bertz CT molecular complexity index is 971. The number of carbonyl (C=O) groups excluding carboxylic acids is 1. The summed E-state index contributed by atoms with van der Waals surface area (Å²) in [6.07, 6.45) is 0.762. The van der Waals surface area contributed by atoms with Crippen molar-refractivity contribution in [2.75, 3.05) is 20.3 Å². The van der Waals surface area contributed by atoms with Gasteiger partial charge in [-0.15, -0.1) is 11.3 Å². The fraction of sp³-hybridized carbons (Fsp3) is 0.190. The van der Waals surface area contributed by atoms with E-state index >= 15 is 0 Å². The van der Waals surface area contributed by atoms with Crippen LogP contribution in [-0.4, -0.2) is 31.1 Å². The van der Waals surface area contributed by atoms with E-state index in [1.807, 2.05) is 17.5 Å². The van der Waals surface area contributed by atoms with Crippen LogP contribution in [0.3, 0.4) is 0 Å². The smallest absolute Gasteiger partial charge is 0.270 e. The minimum Gasteiger partial charge on any atom is -0.497 e. The van der Waals surface area contributed by atoms with Gasteiger partial charge in [-0.05, 0) is 41.6 Å². The molecule has 0 fully saturated rings. The van der Waals surface area contributed by atoms with Crippen LogP contribution in [0.2, 0.25) is 0 Å². The van der Waals surface area contributed by atoms with Crippen molar-refractivity contribution in [2.45, 2.75) is 6.42 Å². The summed E-state index contributed by atoms with van der Waals surface area (Å²) < 4.78 is 10.8. The molecule has 0 aliphatic carbocycles. The van der Waals surface area contributed by atoms with Crippen molar-refractivity contribution in [3.63, 3.8) is 0 Å². The zero-order valence-electron chi connectivity index (χ0n) is 15.8. The summed E-state index contributed by atoms with van der Waals surface area (Å²) in [5, 5.41) is 16.0. The van der Waals surface area contributed by atoms with E-state index in [1.165, 1.54) is 23.1 Å². The SMILES string of the molecule is COc1ccc(-c2cc([N+](=O)[O-])ccc2OCC(=O)NCCc2cccs2)cc1. The van der Waals surface area contributed by atoms with Crippen molar-refractivity contribution in [3.8, 4) is 22.6 Å². The summed E-state index contributed by atoms with van der Waals surface area (Å²) in [4.78, 5) is 24.0. The minimum absolute atomic E-state index is 0.0523. The number of benzene rings is 2. The number of non-ortho nitro benzene ring substituents is 1. The van der Waals surface area contributed by atoms with Crippen molar-refractivity contribution in [3.05, 3.63) is 75.0 Å². The van der Waals surface area contributed by atoms with Gasteiger partial charge in [-0.2, -0.15) is 0 Å². The molecule has 0 atom stereocenters. The molecular weight excluding hydrogens is 392 g/mol. The molecule has 0 saturated heterocycles. The van der Waals surface area contributed by atoms with E-state index in [9.17, 15) is 14.9 Å². The Hall–Kier alpha value is -3.39. The lowest BCUT2D eigenvalue weighted by molar-refractivity contribution is -0.384. The van der Waals surface area contributed by atoms with Gasteiger partial charge in [-0.25, -0.2) is 0 Å². The van der Waals surface area contributed by atoms with Gasteiger partial charge in [0.05, 0.1) is 12.0 Å². The molecular formula is C21H20N2O5S. The maximum atomic E-state index is 12.1. The molecule has 0 bridgehead atoms. The summed E-state index contributed by atoms with van der Waals surface area (Å²) in [6.45, 7) is 0.347. The van der Waals surface area contributed by atoms with Gasteiger partial charge in [0.15, 0.2) is 6.61 Å². The molecule has 0 radical (unpaired) electrons. The van der Waals surface area contributed by atoms with Crippen molar-refractivity contribution in [1.29, 1.82) is 0 Å². The number of carbonyl (C=O) groups is 1. The van der Waals surface area contributed by atoms with Crippen molar-refractivity contribution in [1.82, 2.24) is 5.32 Å². The highest BCUT2D eigenvalue weighted by atomic mass is 32.1. The Kier molecular flexibility index (Phi) is 6.80. The third-order valence-electron chi connectivity index (χ3n) is 4.21. The Balaban J connectivity index is 1.68. The highest BCUT2D eigenvalue weighted by Crippen LogP contribution is 2.34. The molecule has 0 unspecified atom stereocenters. The summed E-state index contributed by atoms with van der Waals surface area (Å²) in [7, 11) is 1.56. The second-order valence-electron chi connectivity index (χ2n) is 6.13. The first-order valence-corrected chi connectivity index (χ1v) is 9.79. The second-order valence-corrected chi connectivity index (χ2v) is 7.17. The van der Waals surface area contributed by atoms with E-state index in [0.717, 1.165) is 12.0 Å². The normalized spacial score (nSPS) is 10.4. The third kappa shape index (κ3) is 5.55. The molecule has 0 aliphatic rings. The van der Waals surface area contributed by atoms with Crippen LogP contribution < -0.4 is 14.8 Å². The molecule has 1 N–H and O–H groups in total. The predicted octanol–water partition coefficient (Wildman–Crippen LogP) is 4.07. The maximum Gasteiger partial charge on any atom is 0.270 e. The lowest BCUT2D eigenvalue weighted by atomic mass is 10.0. The number of thiophene rings is 1. The van der Waals surface area contributed by atoms with Crippen LogP contribution in [0.15, 0.2) is 60.0 Å². The van der Waals surface area contributed by atoms with Gasteiger partial charge in [0, 0.05) is 29.1 Å². The van der Waals surface area contributed by atoms with Crippen LogP contribution in [0, 0.1) is 10.1 Å². The first kappa shape index (κ1) is 20.3. The Morgan fingerprint density at radius 2 is 1.97 bits per heavy atom. The third-order valence-corrected chi connectivity index (χ3v) is 5.14. The van der Waals surface area contributed by atoms with Crippen LogP contribution in [-0.2, 0) is 11.2 Å². The number of hydrogen-bond donors (Lipinski definition) is 1. The van der Waals surface area contributed by atoms with Crippen molar-refractivity contribution in [2.24, 2.45) is 0 Å². The molecule has 0 aliphatic heterocycles. The number of nitrogens with one attached hydrogen (secondary N) is 1. The van der Waals surface area contributed by atoms with E-state index in [0.29, 0.717) is 23.6 Å². The lowest BCUT2D eigenvalue weighted by Gasteiger charge is -2.12. The number of methoxy groups -OCH3 is 1. The number of nitro benzene ring substituents is 1. The van der Waals surface area contributed by atoms with Gasteiger partial charge >= 0.3 is 0 Å². The molecule has 0 saturated carbocycles. The largest absolute Gasteiger partial charge is 0.497 e. The molecule has 1 heterocycles. The Morgan fingerprint density at radius 1 is 1.17 bits per heavy atom. The summed E-state index contributed by atoms with van der Waals surface area (Å²) >= 11 is 1.64. The van der Waals surface area contributed by atoms with Gasteiger partial charge in [0.25, 0.3) is 11.6 Å². The Labute approximate surface area is 172 Å². The summed E-state index contributed by atoms with van der Waals surface area (Å²) in [6, 6.07) is 15.4. The van der Waals surface area contributed by atoms with E-state index in [4.69, 9.17) is 9.47 Å². The number of ether oxygens (including phenoxy) is 2. The zero-order chi connectivity index (χ0) is 20.6. The highest BCUT2D eigenvalue weighted by molar-refractivity contribution is 7.09. The molecule has 3 aromatic rings. The van der Waals surface area contributed by atoms with E-state index in [-0.39, 0.29) is 18.2 Å². The minimum atomic E-state index is -0.464. The summed E-state index contributed by atoms with van der Waals surface area (Å²) in [5.74, 6) is 0.821. The number of nitrogens with zero attached hydrogens (tertiary/aromatic N) is 1. The quantitative estimate of drug-likeness (QED) is 0.423. The molecule has 7 nitrogen and oxygen atoms in total. The molecule has 2 aromatic carbocycles. The number of hydrogen-bond acceptors (Lipinski definition) is 6. The van der Waals surface area contributed by atoms with Crippen LogP contribution in [0.4, 0.5) is 5.69 Å². The van der Waals surface area contributed by atoms with Gasteiger partial charge in [-0.1, -0.05) is 18.2 Å². The fourth-order valence-electron chi connectivity index (χ4n) is 2.73. The predicted molar refractivity (Wildman–Crippen MR) is 112 cm³/mol. The number of nitro groups is 1. The van der Waals surface area contributed by atoms with Crippen LogP contribution in [0.5, 0.6) is 11.5 Å². The van der Waals surface area contributed by atoms with Crippen LogP contribution in [0.1, 0.15) is 4.88 Å². The average molecular weight is 412 g/mol. The number of amides is 1. The van der Waals surface area contributed by atoms with Gasteiger partial charge in [0.1, 0.15) is 11.5 Å². The number of rotatable bonds is 9. The maximum absolute atomic E-state index is 12.1. The Morgan fingerprint density at radius 3 is 2.62 bits per heavy atom. The first-order valence-electron chi connectivity index (χ1n) is 8.91. The lowest BCUT2D eigenvalue weighted by Crippen LogP contribution is -2.30. The van der Waals surface area contributed by atoms with Gasteiger partial charge in [-0.3, -0.25) is 14.9 Å². The molecule has 1 amide bonds. The molecule has 3 rings (SSSR count). The first-order chi connectivity index (χ1) is 14.1. The topological polar surface area (TPSA) is 90.7 Å². The standard InChI is InChI=1S/C21H20N2O5S/c1-27-17-7-4-15(5-8-17)19-13-16(23(25)26)6-9-20(19)28-14-21(24)22-11-10-18-3-2-12-29-18/h2-9,12-13H,10-11,14H2,1H3,(H,22,24). The second kappa shape index (κ2) is 9.70. The molecule has 1 aromatic heterocycles. The van der Waals surface area contributed by atoms with Crippen molar-refractivity contribution < 1.29 is 19.2 Å². The van der Waals surface area contributed by atoms with Gasteiger partial charge < -0.3 is 14.8 Å². The van der Waals surface area contributed by atoms with Crippen molar-refractivity contribution >= 4 is 22.9 Å². The zero-order valence-corrected chi connectivity index (χ0v) is 16.6. The van der Waals surface area contributed by atoms with Crippen LogP contribution >= 0.6 is 11.3 Å². The van der Waals surface area contributed by atoms with E-state index < -0.39 is 4.92 Å². The van der Waals surface area contributed by atoms with E-state index in [2.05, 4.69) is 5.32 Å². The molecule has 8 heteroatoms. The summed E-state index contributed by atoms with van der Waals surface area (Å²) in [5.41, 5.74) is 1.21.